The van der Waals surface area contributed by atoms with Crippen LogP contribution >= 0.6 is 0 Å². The molecule has 10 heteroatoms. The van der Waals surface area contributed by atoms with Gasteiger partial charge in [-0.15, -0.1) is 0 Å². The lowest BCUT2D eigenvalue weighted by atomic mass is 10.1. The molecule has 0 saturated carbocycles. The third-order valence-electron chi connectivity index (χ3n) is 3.68. The number of hydrogen-bond acceptors (Lipinski definition) is 5. The van der Waals surface area contributed by atoms with Gasteiger partial charge in [0.2, 0.25) is 0 Å². The Balaban J connectivity index is 2.16. The first-order valence-corrected chi connectivity index (χ1v) is 9.33. The Morgan fingerprint density at radius 3 is 2.26 bits per heavy atom. The molecule has 3 aromatic rings. The van der Waals surface area contributed by atoms with Crippen molar-refractivity contribution in [3.8, 4) is 23.1 Å². The van der Waals surface area contributed by atoms with E-state index in [1.54, 1.807) is 0 Å². The molecule has 0 aliphatic heterocycles. The number of nitriles is 1. The summed E-state index contributed by atoms with van der Waals surface area (Å²) < 4.78 is 63.4. The summed E-state index contributed by atoms with van der Waals surface area (Å²) in [5, 5.41) is 12.4. The molecule has 0 saturated heterocycles. The Labute approximate surface area is 152 Å². The number of benzene rings is 1. The van der Waals surface area contributed by atoms with Crippen molar-refractivity contribution < 1.29 is 21.6 Å². The Morgan fingerprint density at radius 1 is 1.11 bits per heavy atom. The van der Waals surface area contributed by atoms with Gasteiger partial charge in [-0.2, -0.15) is 23.5 Å². The van der Waals surface area contributed by atoms with Crippen molar-refractivity contribution in [3.63, 3.8) is 0 Å². The fourth-order valence-corrected chi connectivity index (χ4v) is 2.89. The summed E-state index contributed by atoms with van der Waals surface area (Å²) in [6, 6.07) is 11.3. The molecule has 0 unspecified atom stereocenters. The molecule has 0 atom stereocenters. The normalized spacial score (nSPS) is 12.0. The van der Waals surface area contributed by atoms with Gasteiger partial charge in [0.25, 0.3) is 0 Å². The van der Waals surface area contributed by atoms with Crippen LogP contribution in [-0.2, 0) is 16.0 Å². The van der Waals surface area contributed by atoms with Gasteiger partial charge in [0, 0.05) is 18.0 Å². The summed E-state index contributed by atoms with van der Waals surface area (Å²) in [5.41, 5.74) is -0.259. The Bertz CT molecular complexity index is 1130. The van der Waals surface area contributed by atoms with Crippen molar-refractivity contribution in [1.29, 1.82) is 5.26 Å². The molecule has 2 heterocycles. The molecule has 3 rings (SSSR count). The second-order valence-corrected chi connectivity index (χ2v) is 7.65. The van der Waals surface area contributed by atoms with E-state index in [0.717, 1.165) is 23.2 Å². The Kier molecular flexibility index (Phi) is 4.49. The van der Waals surface area contributed by atoms with Crippen molar-refractivity contribution in [2.45, 2.75) is 11.1 Å². The molecule has 138 valence electrons. The molecule has 0 radical (unpaired) electrons. The molecular weight excluding hydrogens is 381 g/mol. The van der Waals surface area contributed by atoms with E-state index in [9.17, 15) is 21.6 Å². The highest BCUT2D eigenvalue weighted by Crippen LogP contribution is 2.33. The predicted octanol–water partition coefficient (Wildman–Crippen LogP) is 3.23. The van der Waals surface area contributed by atoms with E-state index in [-0.39, 0.29) is 16.4 Å². The van der Waals surface area contributed by atoms with Gasteiger partial charge in [-0.25, -0.2) is 18.1 Å². The zero-order chi connectivity index (χ0) is 19.8. The summed E-state index contributed by atoms with van der Waals surface area (Å²) in [6.45, 7) is 0. The largest absolute Gasteiger partial charge is 0.435 e. The topological polar surface area (TPSA) is 88.6 Å². The smallest absolute Gasteiger partial charge is 0.236 e. The number of aromatic nitrogens is 3. The van der Waals surface area contributed by atoms with Crippen LogP contribution in [-0.4, -0.2) is 29.4 Å². The minimum Gasteiger partial charge on any atom is -0.236 e. The van der Waals surface area contributed by atoms with Crippen LogP contribution in [0.4, 0.5) is 13.2 Å². The second kappa shape index (κ2) is 6.51. The average Bonchev–Trinajstić information content (AvgIpc) is 3.07. The highest BCUT2D eigenvalue weighted by Gasteiger charge is 2.35. The monoisotopic (exact) mass is 392 g/mol. The van der Waals surface area contributed by atoms with Gasteiger partial charge in [-0.3, -0.25) is 0 Å². The molecule has 6 nitrogen and oxygen atoms in total. The lowest BCUT2D eigenvalue weighted by Gasteiger charge is -2.07. The molecule has 0 aliphatic rings. The van der Waals surface area contributed by atoms with Crippen molar-refractivity contribution >= 4 is 9.84 Å². The Hall–Kier alpha value is -3.19. The van der Waals surface area contributed by atoms with Gasteiger partial charge in [0.1, 0.15) is 0 Å². The van der Waals surface area contributed by atoms with Crippen LogP contribution in [0, 0.1) is 11.3 Å². The number of hydrogen-bond donors (Lipinski definition) is 0. The second-order valence-electron chi connectivity index (χ2n) is 5.64. The lowest BCUT2D eigenvalue weighted by molar-refractivity contribution is -0.141. The zero-order valence-electron chi connectivity index (χ0n) is 13.8. The summed E-state index contributed by atoms with van der Waals surface area (Å²) in [7, 11) is -3.49. The molecule has 0 aliphatic carbocycles. The van der Waals surface area contributed by atoms with E-state index in [4.69, 9.17) is 5.26 Å². The molecule has 1 aromatic carbocycles. The SMILES string of the molecule is CS(=O)(=O)c1ccc(-n2nc(C(F)(F)F)cc2-c2ccc(C#N)cc2)nc1. The molecular formula is C17H11F3N4O2S. The van der Waals surface area contributed by atoms with Crippen LogP contribution < -0.4 is 0 Å². The zero-order valence-corrected chi connectivity index (χ0v) is 14.6. The van der Waals surface area contributed by atoms with E-state index in [0.29, 0.717) is 11.1 Å². The van der Waals surface area contributed by atoms with Gasteiger partial charge in [0.05, 0.1) is 22.2 Å². The maximum absolute atomic E-state index is 13.1. The number of halogens is 3. The van der Waals surface area contributed by atoms with E-state index in [1.165, 1.54) is 36.4 Å². The average molecular weight is 392 g/mol. The summed E-state index contributed by atoms with van der Waals surface area (Å²) in [5.74, 6) is 0.0252. The first-order valence-electron chi connectivity index (χ1n) is 7.44. The number of nitrogens with zero attached hydrogens (tertiary/aromatic N) is 4. The van der Waals surface area contributed by atoms with E-state index in [2.05, 4.69) is 10.1 Å². The van der Waals surface area contributed by atoms with Crippen LogP contribution in [0.1, 0.15) is 11.3 Å². The van der Waals surface area contributed by atoms with Crippen molar-refractivity contribution in [2.24, 2.45) is 0 Å². The molecule has 2 aromatic heterocycles. The van der Waals surface area contributed by atoms with E-state index < -0.39 is 21.7 Å². The van der Waals surface area contributed by atoms with Crippen LogP contribution in [0.2, 0.25) is 0 Å². The van der Waals surface area contributed by atoms with E-state index in [1.807, 2.05) is 6.07 Å². The lowest BCUT2D eigenvalue weighted by Crippen LogP contribution is -2.08. The standard InChI is InChI=1S/C17H11F3N4O2S/c1-27(25,26)13-6-7-16(22-10-13)24-14(8-15(23-24)17(18,19)20)12-4-2-11(9-21)3-5-12/h2-8,10H,1H3. The van der Waals surface area contributed by atoms with Crippen molar-refractivity contribution in [1.82, 2.24) is 14.8 Å². The third-order valence-corrected chi connectivity index (χ3v) is 4.77. The molecule has 0 fully saturated rings. The van der Waals surface area contributed by atoms with Gasteiger partial charge in [-0.1, -0.05) is 12.1 Å². The van der Waals surface area contributed by atoms with Crippen LogP contribution in [0.5, 0.6) is 0 Å². The first-order chi connectivity index (χ1) is 12.6. The molecule has 0 bridgehead atoms. The fourth-order valence-electron chi connectivity index (χ4n) is 2.33. The quantitative estimate of drug-likeness (QED) is 0.683. The summed E-state index contributed by atoms with van der Waals surface area (Å²) >= 11 is 0. The van der Waals surface area contributed by atoms with Crippen molar-refractivity contribution in [2.75, 3.05) is 6.26 Å². The maximum atomic E-state index is 13.1. The number of sulfone groups is 1. The molecule has 0 N–H and O–H groups in total. The molecule has 0 amide bonds. The van der Waals surface area contributed by atoms with Gasteiger partial charge >= 0.3 is 6.18 Å². The first kappa shape index (κ1) is 18.6. The van der Waals surface area contributed by atoms with Crippen LogP contribution in [0.3, 0.4) is 0 Å². The number of pyridine rings is 1. The Morgan fingerprint density at radius 2 is 1.78 bits per heavy atom. The van der Waals surface area contributed by atoms with Gasteiger partial charge in [0.15, 0.2) is 21.3 Å². The summed E-state index contributed by atoms with van der Waals surface area (Å²) in [6.07, 6.45) is -2.61. The highest BCUT2D eigenvalue weighted by atomic mass is 32.2. The van der Waals surface area contributed by atoms with Crippen LogP contribution in [0.25, 0.3) is 17.1 Å². The minimum atomic E-state index is -4.67. The third kappa shape index (κ3) is 3.83. The molecule has 27 heavy (non-hydrogen) atoms. The summed E-state index contributed by atoms with van der Waals surface area (Å²) in [4.78, 5) is 3.87. The van der Waals surface area contributed by atoms with Gasteiger partial charge in [-0.05, 0) is 30.3 Å². The van der Waals surface area contributed by atoms with Crippen LogP contribution in [0.15, 0.2) is 53.6 Å². The van der Waals surface area contributed by atoms with E-state index >= 15 is 0 Å². The maximum Gasteiger partial charge on any atom is 0.435 e. The highest BCUT2D eigenvalue weighted by molar-refractivity contribution is 7.90. The molecule has 0 spiro atoms. The predicted molar refractivity (Wildman–Crippen MR) is 89.6 cm³/mol. The van der Waals surface area contributed by atoms with Crippen molar-refractivity contribution in [3.05, 3.63) is 59.9 Å². The number of rotatable bonds is 3. The van der Waals surface area contributed by atoms with Gasteiger partial charge < -0.3 is 0 Å². The minimum absolute atomic E-state index is 0.0252. The fraction of sp³-hybridized carbons (Fsp3) is 0.118. The number of alkyl halides is 3.